The fraction of sp³-hybridized carbons (Fsp3) is 0.857. The summed E-state index contributed by atoms with van der Waals surface area (Å²) in [5.74, 6) is -1.09. The van der Waals surface area contributed by atoms with E-state index in [0.717, 1.165) is 0 Å². The number of hydrogen-bond acceptors (Lipinski definition) is 3. The SMILES string of the molecule is COC(=O)[C@H]1CCOC[C@H]1F. The molecule has 0 N–H and O–H groups in total. The Kier molecular flexibility index (Phi) is 2.82. The van der Waals surface area contributed by atoms with E-state index in [1.807, 2.05) is 0 Å². The van der Waals surface area contributed by atoms with Gasteiger partial charge in [-0.15, -0.1) is 0 Å². The molecule has 0 unspecified atom stereocenters. The van der Waals surface area contributed by atoms with E-state index in [2.05, 4.69) is 4.74 Å². The Bertz CT molecular complexity index is 149. The van der Waals surface area contributed by atoms with E-state index in [0.29, 0.717) is 13.0 Å². The van der Waals surface area contributed by atoms with Gasteiger partial charge in [0.1, 0.15) is 6.17 Å². The number of ether oxygens (including phenoxy) is 2. The van der Waals surface area contributed by atoms with Crippen LogP contribution in [-0.2, 0) is 14.3 Å². The van der Waals surface area contributed by atoms with Gasteiger partial charge in [0.15, 0.2) is 0 Å². The van der Waals surface area contributed by atoms with Crippen molar-refractivity contribution in [1.82, 2.24) is 0 Å². The summed E-state index contributed by atoms with van der Waals surface area (Å²) >= 11 is 0. The van der Waals surface area contributed by atoms with Gasteiger partial charge in [-0.3, -0.25) is 4.79 Å². The predicted octanol–water partition coefficient (Wildman–Crippen LogP) is 0.534. The van der Waals surface area contributed by atoms with Crippen LogP contribution in [0.5, 0.6) is 0 Å². The van der Waals surface area contributed by atoms with Crippen LogP contribution in [-0.4, -0.2) is 32.5 Å². The molecular weight excluding hydrogens is 151 g/mol. The number of carbonyl (C=O) groups excluding carboxylic acids is 1. The van der Waals surface area contributed by atoms with E-state index in [4.69, 9.17) is 4.74 Å². The Balaban J connectivity index is 2.47. The molecule has 0 aromatic rings. The lowest BCUT2D eigenvalue weighted by Gasteiger charge is -2.23. The van der Waals surface area contributed by atoms with E-state index in [-0.39, 0.29) is 6.61 Å². The van der Waals surface area contributed by atoms with Crippen LogP contribution in [0, 0.1) is 5.92 Å². The van der Waals surface area contributed by atoms with Gasteiger partial charge in [-0.05, 0) is 6.42 Å². The molecule has 2 atom stereocenters. The maximum absolute atomic E-state index is 12.9. The zero-order valence-corrected chi connectivity index (χ0v) is 6.38. The molecule has 0 amide bonds. The molecule has 0 bridgehead atoms. The fourth-order valence-electron chi connectivity index (χ4n) is 1.12. The Labute approximate surface area is 64.5 Å². The van der Waals surface area contributed by atoms with Crippen LogP contribution in [0.2, 0.25) is 0 Å². The average Bonchev–Trinajstić information content (AvgIpc) is 2.04. The van der Waals surface area contributed by atoms with Crippen molar-refractivity contribution < 1.29 is 18.7 Å². The van der Waals surface area contributed by atoms with Crippen LogP contribution < -0.4 is 0 Å². The van der Waals surface area contributed by atoms with Crippen molar-refractivity contribution in [2.45, 2.75) is 12.6 Å². The Morgan fingerprint density at radius 2 is 2.45 bits per heavy atom. The number of alkyl halides is 1. The summed E-state index contributed by atoms with van der Waals surface area (Å²) in [5.41, 5.74) is 0. The second kappa shape index (κ2) is 3.67. The summed E-state index contributed by atoms with van der Waals surface area (Å²) in [4.78, 5) is 10.9. The molecule has 0 aromatic heterocycles. The average molecular weight is 162 g/mol. The van der Waals surface area contributed by atoms with Crippen molar-refractivity contribution >= 4 is 5.97 Å². The van der Waals surface area contributed by atoms with Gasteiger partial charge in [0.25, 0.3) is 0 Å². The molecule has 0 aliphatic carbocycles. The molecule has 1 aliphatic heterocycles. The van der Waals surface area contributed by atoms with Gasteiger partial charge in [-0.1, -0.05) is 0 Å². The van der Waals surface area contributed by atoms with E-state index in [1.165, 1.54) is 7.11 Å². The first-order valence-electron chi connectivity index (χ1n) is 3.55. The predicted molar refractivity (Wildman–Crippen MR) is 35.8 cm³/mol. The molecular formula is C7H11FO3. The van der Waals surface area contributed by atoms with E-state index in [9.17, 15) is 9.18 Å². The number of hydrogen-bond donors (Lipinski definition) is 0. The molecule has 0 spiro atoms. The highest BCUT2D eigenvalue weighted by Gasteiger charge is 2.32. The lowest BCUT2D eigenvalue weighted by Crippen LogP contribution is -2.35. The minimum atomic E-state index is -1.20. The summed E-state index contributed by atoms with van der Waals surface area (Å²) in [6, 6.07) is 0. The van der Waals surface area contributed by atoms with Crippen molar-refractivity contribution in [2.24, 2.45) is 5.92 Å². The molecule has 0 radical (unpaired) electrons. The van der Waals surface area contributed by atoms with Crippen LogP contribution in [0.15, 0.2) is 0 Å². The third kappa shape index (κ3) is 1.89. The minimum Gasteiger partial charge on any atom is -0.469 e. The molecule has 0 aromatic carbocycles. The van der Waals surface area contributed by atoms with Gasteiger partial charge in [0, 0.05) is 6.61 Å². The monoisotopic (exact) mass is 162 g/mol. The maximum Gasteiger partial charge on any atom is 0.311 e. The summed E-state index contributed by atoms with van der Waals surface area (Å²) in [6.07, 6.45) is -0.774. The van der Waals surface area contributed by atoms with Gasteiger partial charge >= 0.3 is 5.97 Å². The molecule has 1 fully saturated rings. The van der Waals surface area contributed by atoms with Crippen LogP contribution in [0.25, 0.3) is 0 Å². The molecule has 11 heavy (non-hydrogen) atoms. The van der Waals surface area contributed by atoms with Crippen LogP contribution >= 0.6 is 0 Å². The summed E-state index contributed by atoms with van der Waals surface area (Å²) < 4.78 is 22.1. The molecule has 1 saturated heterocycles. The van der Waals surface area contributed by atoms with Crippen molar-refractivity contribution in [1.29, 1.82) is 0 Å². The largest absolute Gasteiger partial charge is 0.469 e. The highest BCUT2D eigenvalue weighted by Crippen LogP contribution is 2.19. The summed E-state index contributed by atoms with van der Waals surface area (Å²) in [5, 5.41) is 0. The third-order valence-electron chi connectivity index (χ3n) is 1.79. The van der Waals surface area contributed by atoms with E-state index < -0.39 is 18.1 Å². The Morgan fingerprint density at radius 1 is 1.73 bits per heavy atom. The minimum absolute atomic E-state index is 0.0137. The Hall–Kier alpha value is -0.640. The summed E-state index contributed by atoms with van der Waals surface area (Å²) in [7, 11) is 1.27. The number of esters is 1. The first-order chi connectivity index (χ1) is 5.25. The highest BCUT2D eigenvalue weighted by atomic mass is 19.1. The van der Waals surface area contributed by atoms with Crippen LogP contribution in [0.3, 0.4) is 0 Å². The zero-order chi connectivity index (χ0) is 8.27. The third-order valence-corrected chi connectivity index (χ3v) is 1.79. The number of methoxy groups -OCH3 is 1. The number of rotatable bonds is 1. The van der Waals surface area contributed by atoms with Crippen molar-refractivity contribution in [2.75, 3.05) is 20.3 Å². The Morgan fingerprint density at radius 3 is 3.00 bits per heavy atom. The molecule has 1 heterocycles. The standard InChI is InChI=1S/C7H11FO3/c1-10-7(9)5-2-3-11-4-6(5)8/h5-6H,2-4H2,1H3/t5-,6+/m0/s1. The molecule has 1 rings (SSSR count). The van der Waals surface area contributed by atoms with Crippen LogP contribution in [0.4, 0.5) is 4.39 Å². The smallest absolute Gasteiger partial charge is 0.311 e. The lowest BCUT2D eigenvalue weighted by molar-refractivity contribution is -0.152. The number of halogens is 1. The highest BCUT2D eigenvalue weighted by molar-refractivity contribution is 5.73. The summed E-state index contributed by atoms with van der Waals surface area (Å²) in [6.45, 7) is 0.458. The molecule has 4 heteroatoms. The van der Waals surface area contributed by atoms with E-state index in [1.54, 1.807) is 0 Å². The van der Waals surface area contributed by atoms with Gasteiger partial charge in [-0.2, -0.15) is 0 Å². The van der Waals surface area contributed by atoms with Crippen molar-refractivity contribution in [3.8, 4) is 0 Å². The van der Waals surface area contributed by atoms with Gasteiger partial charge in [0.05, 0.1) is 19.6 Å². The quantitative estimate of drug-likeness (QED) is 0.528. The molecule has 0 saturated carbocycles. The van der Waals surface area contributed by atoms with Gasteiger partial charge < -0.3 is 9.47 Å². The number of carbonyl (C=O) groups is 1. The van der Waals surface area contributed by atoms with E-state index >= 15 is 0 Å². The van der Waals surface area contributed by atoms with Crippen molar-refractivity contribution in [3.63, 3.8) is 0 Å². The first-order valence-corrected chi connectivity index (χ1v) is 3.55. The molecule has 3 nitrogen and oxygen atoms in total. The molecule has 64 valence electrons. The van der Waals surface area contributed by atoms with Crippen molar-refractivity contribution in [3.05, 3.63) is 0 Å². The van der Waals surface area contributed by atoms with Gasteiger partial charge in [0.2, 0.25) is 0 Å². The fourth-order valence-corrected chi connectivity index (χ4v) is 1.12. The molecule has 1 aliphatic rings. The maximum atomic E-state index is 12.9. The lowest BCUT2D eigenvalue weighted by atomic mass is 9.99. The second-order valence-electron chi connectivity index (χ2n) is 2.51. The zero-order valence-electron chi connectivity index (χ0n) is 6.38. The second-order valence-corrected chi connectivity index (χ2v) is 2.51. The van der Waals surface area contributed by atoms with Crippen LogP contribution in [0.1, 0.15) is 6.42 Å². The normalized spacial score (nSPS) is 31.5. The van der Waals surface area contributed by atoms with Gasteiger partial charge in [-0.25, -0.2) is 4.39 Å². The topological polar surface area (TPSA) is 35.5 Å². The first kappa shape index (κ1) is 8.46.